The van der Waals surface area contributed by atoms with Crippen molar-refractivity contribution in [2.45, 2.75) is 32.4 Å². The number of nitrogens with zero attached hydrogens (tertiary/aromatic N) is 2. The summed E-state index contributed by atoms with van der Waals surface area (Å²) in [5.41, 5.74) is 1.36. The molecule has 3 rings (SSSR count). The molecule has 1 atom stereocenters. The maximum absolute atomic E-state index is 11.3. The second-order valence-electron chi connectivity index (χ2n) is 7.22. The highest BCUT2D eigenvalue weighted by molar-refractivity contribution is 7.88. The quantitative estimate of drug-likeness (QED) is 0.835. The van der Waals surface area contributed by atoms with Gasteiger partial charge in [-0.3, -0.25) is 4.90 Å². The Morgan fingerprint density at radius 1 is 1.25 bits per heavy atom. The topological polar surface area (TPSA) is 63.6 Å². The van der Waals surface area contributed by atoms with Gasteiger partial charge in [0.25, 0.3) is 0 Å². The van der Waals surface area contributed by atoms with Crippen LogP contribution >= 0.6 is 0 Å². The van der Waals surface area contributed by atoms with Crippen molar-refractivity contribution in [3.8, 4) is 0 Å². The van der Waals surface area contributed by atoms with E-state index in [1.54, 1.807) is 0 Å². The highest BCUT2D eigenvalue weighted by Gasteiger charge is 2.24. The van der Waals surface area contributed by atoms with E-state index in [1.807, 2.05) is 0 Å². The first-order chi connectivity index (χ1) is 11.5. The summed E-state index contributed by atoms with van der Waals surface area (Å²) in [6.07, 6.45) is 6.54. The van der Waals surface area contributed by atoms with Crippen molar-refractivity contribution >= 4 is 10.0 Å². The first kappa shape index (κ1) is 17.9. The van der Waals surface area contributed by atoms with Crippen LogP contribution in [-0.2, 0) is 27.8 Å². The number of sulfonamides is 1. The predicted molar refractivity (Wildman–Crippen MR) is 94.2 cm³/mol. The van der Waals surface area contributed by atoms with Crippen LogP contribution in [0.2, 0.25) is 0 Å². The largest absolute Gasteiger partial charge is 0.381 e. The standard InChI is InChI=1S/C17H29N3O3S/c1-24(21,22)18-7-4-16-12-19(11-15-5-9-23-10-6-15)14-17-3-2-8-20(17)13-16/h2-3,8,15-16,18H,4-7,9-14H2,1H3. The van der Waals surface area contributed by atoms with Crippen LogP contribution in [0, 0.1) is 11.8 Å². The molecular formula is C17H29N3O3S. The second kappa shape index (κ2) is 7.99. The van der Waals surface area contributed by atoms with E-state index in [4.69, 9.17) is 4.74 Å². The van der Waals surface area contributed by atoms with Crippen molar-refractivity contribution in [3.63, 3.8) is 0 Å². The van der Waals surface area contributed by atoms with Gasteiger partial charge >= 0.3 is 0 Å². The molecule has 1 N–H and O–H groups in total. The van der Waals surface area contributed by atoms with Crippen molar-refractivity contribution in [2.75, 3.05) is 39.1 Å². The molecule has 0 radical (unpaired) electrons. The fourth-order valence-corrected chi connectivity index (χ4v) is 4.32. The maximum atomic E-state index is 11.3. The Balaban J connectivity index is 1.61. The normalized spacial score (nSPS) is 23.8. The maximum Gasteiger partial charge on any atom is 0.208 e. The van der Waals surface area contributed by atoms with E-state index in [-0.39, 0.29) is 0 Å². The van der Waals surface area contributed by atoms with Gasteiger partial charge in [-0.2, -0.15) is 0 Å². The molecule has 1 fully saturated rings. The van der Waals surface area contributed by atoms with Crippen LogP contribution < -0.4 is 4.72 Å². The first-order valence-corrected chi connectivity index (χ1v) is 10.8. The smallest absolute Gasteiger partial charge is 0.208 e. The second-order valence-corrected chi connectivity index (χ2v) is 9.06. The summed E-state index contributed by atoms with van der Waals surface area (Å²) in [6, 6.07) is 4.31. The van der Waals surface area contributed by atoms with Crippen LogP contribution in [0.5, 0.6) is 0 Å². The Kier molecular flexibility index (Phi) is 5.97. The summed E-state index contributed by atoms with van der Waals surface area (Å²) in [5, 5.41) is 0. The van der Waals surface area contributed by atoms with Crippen molar-refractivity contribution in [1.29, 1.82) is 0 Å². The molecule has 1 aromatic rings. The highest BCUT2D eigenvalue weighted by Crippen LogP contribution is 2.23. The van der Waals surface area contributed by atoms with Crippen molar-refractivity contribution in [3.05, 3.63) is 24.0 Å². The molecule has 2 aliphatic heterocycles. The lowest BCUT2D eigenvalue weighted by molar-refractivity contribution is 0.0493. The molecule has 0 aliphatic carbocycles. The van der Waals surface area contributed by atoms with Crippen molar-refractivity contribution in [1.82, 2.24) is 14.2 Å². The Morgan fingerprint density at radius 3 is 2.79 bits per heavy atom. The zero-order chi connectivity index (χ0) is 17.0. The summed E-state index contributed by atoms with van der Waals surface area (Å²) in [5.74, 6) is 1.18. The molecule has 0 saturated carbocycles. The number of rotatable bonds is 6. The fraction of sp³-hybridized carbons (Fsp3) is 0.765. The number of aromatic nitrogens is 1. The average Bonchev–Trinajstić information content (AvgIpc) is 2.87. The van der Waals surface area contributed by atoms with Gasteiger partial charge in [0, 0.05) is 57.8 Å². The third kappa shape index (κ3) is 5.31. The summed E-state index contributed by atoms with van der Waals surface area (Å²) in [7, 11) is -3.10. The summed E-state index contributed by atoms with van der Waals surface area (Å²) in [4.78, 5) is 2.56. The third-order valence-corrected chi connectivity index (χ3v) is 5.78. The molecule has 0 spiro atoms. The van der Waals surface area contributed by atoms with Crippen molar-refractivity contribution < 1.29 is 13.2 Å². The molecule has 0 amide bonds. The molecule has 6 nitrogen and oxygen atoms in total. The van der Waals surface area contributed by atoms with Gasteiger partial charge in [-0.25, -0.2) is 13.1 Å². The van der Waals surface area contributed by atoms with Crippen LogP contribution in [0.25, 0.3) is 0 Å². The first-order valence-electron chi connectivity index (χ1n) is 8.88. The molecule has 1 aromatic heterocycles. The Morgan fingerprint density at radius 2 is 2.04 bits per heavy atom. The summed E-state index contributed by atoms with van der Waals surface area (Å²) < 4.78 is 33.0. The third-order valence-electron chi connectivity index (χ3n) is 5.05. The van der Waals surface area contributed by atoms with Crippen LogP contribution in [0.1, 0.15) is 25.0 Å². The van der Waals surface area contributed by atoms with E-state index in [0.29, 0.717) is 12.5 Å². The zero-order valence-electron chi connectivity index (χ0n) is 14.5. The van der Waals surface area contributed by atoms with Gasteiger partial charge in [-0.1, -0.05) is 0 Å². The van der Waals surface area contributed by atoms with Gasteiger partial charge < -0.3 is 9.30 Å². The van der Waals surface area contributed by atoms with Gasteiger partial charge in [-0.15, -0.1) is 0 Å². The minimum absolute atomic E-state index is 0.466. The van der Waals surface area contributed by atoms with Crippen LogP contribution in [-0.4, -0.2) is 57.0 Å². The Bertz CT molecular complexity index is 623. The predicted octanol–water partition coefficient (Wildman–Crippen LogP) is 1.29. The summed E-state index contributed by atoms with van der Waals surface area (Å²) in [6.45, 7) is 6.39. The van der Waals surface area contributed by atoms with Crippen LogP contribution in [0.3, 0.4) is 0 Å². The number of hydrogen-bond acceptors (Lipinski definition) is 4. The number of nitrogens with one attached hydrogen (secondary N) is 1. The lowest BCUT2D eigenvalue weighted by atomic mass is 9.98. The van der Waals surface area contributed by atoms with E-state index < -0.39 is 10.0 Å². The number of hydrogen-bond donors (Lipinski definition) is 1. The lowest BCUT2D eigenvalue weighted by Gasteiger charge is -2.30. The molecule has 1 saturated heterocycles. The van der Waals surface area contributed by atoms with E-state index in [0.717, 1.165) is 64.6 Å². The van der Waals surface area contributed by atoms with Crippen molar-refractivity contribution in [2.24, 2.45) is 11.8 Å². The van der Waals surface area contributed by atoms with Gasteiger partial charge in [0.1, 0.15) is 0 Å². The zero-order valence-corrected chi connectivity index (χ0v) is 15.3. The molecule has 3 heterocycles. The van der Waals surface area contributed by atoms with E-state index in [1.165, 1.54) is 11.9 Å². The Labute approximate surface area is 145 Å². The average molecular weight is 356 g/mol. The summed E-state index contributed by atoms with van der Waals surface area (Å²) >= 11 is 0. The van der Waals surface area contributed by atoms with Crippen LogP contribution in [0.15, 0.2) is 18.3 Å². The molecule has 136 valence electrons. The molecule has 2 aliphatic rings. The van der Waals surface area contributed by atoms with E-state index >= 15 is 0 Å². The molecule has 1 unspecified atom stereocenters. The minimum atomic E-state index is -3.10. The minimum Gasteiger partial charge on any atom is -0.381 e. The number of ether oxygens (including phenoxy) is 1. The molecule has 7 heteroatoms. The van der Waals surface area contributed by atoms with Gasteiger partial charge in [0.15, 0.2) is 0 Å². The SMILES string of the molecule is CS(=O)(=O)NCCC1CN(CC2CCOCC2)Cc2cccn2C1. The van der Waals surface area contributed by atoms with Crippen LogP contribution in [0.4, 0.5) is 0 Å². The van der Waals surface area contributed by atoms with E-state index in [9.17, 15) is 8.42 Å². The Hall–Kier alpha value is -0.890. The lowest BCUT2D eigenvalue weighted by Crippen LogP contribution is -2.35. The molecule has 0 aromatic carbocycles. The highest BCUT2D eigenvalue weighted by atomic mass is 32.2. The number of fused-ring (bicyclic) bond motifs is 1. The fourth-order valence-electron chi connectivity index (χ4n) is 3.83. The van der Waals surface area contributed by atoms with Gasteiger partial charge in [0.2, 0.25) is 10.0 Å². The molecular weight excluding hydrogens is 326 g/mol. The van der Waals surface area contributed by atoms with Gasteiger partial charge in [-0.05, 0) is 43.2 Å². The molecule has 0 bridgehead atoms. The molecule has 24 heavy (non-hydrogen) atoms. The van der Waals surface area contributed by atoms with E-state index in [2.05, 4.69) is 32.5 Å². The monoisotopic (exact) mass is 355 g/mol. The van der Waals surface area contributed by atoms with Gasteiger partial charge in [0.05, 0.1) is 6.26 Å².